The Balaban J connectivity index is 1.54. The van der Waals surface area contributed by atoms with Gasteiger partial charge in [0.25, 0.3) is 5.91 Å². The van der Waals surface area contributed by atoms with Gasteiger partial charge in [0.05, 0.1) is 13.3 Å². The number of phenolic OH excluding ortho intramolecular Hbond substituents is 1. The molecule has 0 aliphatic carbocycles. The summed E-state index contributed by atoms with van der Waals surface area (Å²) in [5.41, 5.74) is 11.6. The standard InChI is InChI=1S/C22H28N4O3/c1-14(2)11-15-7-9-16(10-8-15)18-12-19(25-24-18)22(28)26-23-13-17-5-4-6-20(29-3)21(17)27/h4-10,13-14,18-19,24-25,27H,11-12H2,1-3H3,(H,26,28)/b23-13+. The Morgan fingerprint density at radius 3 is 2.72 bits per heavy atom. The topological polar surface area (TPSA) is 95.0 Å². The number of methoxy groups -OCH3 is 1. The number of benzene rings is 2. The van der Waals surface area contributed by atoms with Crippen molar-refractivity contribution in [1.29, 1.82) is 0 Å². The highest BCUT2D eigenvalue weighted by Crippen LogP contribution is 2.28. The van der Waals surface area contributed by atoms with E-state index in [1.54, 1.807) is 18.2 Å². The van der Waals surface area contributed by atoms with Crippen LogP contribution in [0.2, 0.25) is 0 Å². The summed E-state index contributed by atoms with van der Waals surface area (Å²) in [5, 5.41) is 14.0. The predicted molar refractivity (Wildman–Crippen MR) is 113 cm³/mol. The van der Waals surface area contributed by atoms with E-state index in [4.69, 9.17) is 4.74 Å². The number of hydrogen-bond donors (Lipinski definition) is 4. The van der Waals surface area contributed by atoms with E-state index in [0.717, 1.165) is 12.0 Å². The van der Waals surface area contributed by atoms with Gasteiger partial charge in [-0.1, -0.05) is 44.2 Å². The highest BCUT2D eigenvalue weighted by Gasteiger charge is 2.30. The van der Waals surface area contributed by atoms with Crippen LogP contribution in [0.4, 0.5) is 0 Å². The fourth-order valence-electron chi connectivity index (χ4n) is 3.36. The molecule has 0 aromatic heterocycles. The van der Waals surface area contributed by atoms with Gasteiger partial charge in [0.15, 0.2) is 11.5 Å². The van der Waals surface area contributed by atoms with Crippen LogP contribution in [0.15, 0.2) is 47.6 Å². The van der Waals surface area contributed by atoms with Crippen molar-refractivity contribution < 1.29 is 14.6 Å². The van der Waals surface area contributed by atoms with Crippen LogP contribution in [-0.4, -0.2) is 30.4 Å². The van der Waals surface area contributed by atoms with Crippen molar-refractivity contribution in [3.63, 3.8) is 0 Å². The summed E-state index contributed by atoms with van der Waals surface area (Å²) >= 11 is 0. The molecule has 1 saturated heterocycles. The fourth-order valence-corrected chi connectivity index (χ4v) is 3.36. The SMILES string of the molecule is COc1cccc(/C=N/NC(=O)C2CC(c3ccc(CC(C)C)cc3)NN2)c1O. The Labute approximate surface area is 171 Å². The van der Waals surface area contributed by atoms with E-state index in [1.807, 2.05) is 0 Å². The van der Waals surface area contributed by atoms with Crippen molar-refractivity contribution in [1.82, 2.24) is 16.3 Å². The monoisotopic (exact) mass is 396 g/mol. The maximum absolute atomic E-state index is 12.4. The van der Waals surface area contributed by atoms with Crippen molar-refractivity contribution in [3.8, 4) is 11.5 Å². The van der Waals surface area contributed by atoms with Crippen LogP contribution in [0.1, 0.15) is 43.0 Å². The second kappa shape index (κ2) is 9.54. The molecule has 154 valence electrons. The zero-order valence-corrected chi connectivity index (χ0v) is 17.0. The summed E-state index contributed by atoms with van der Waals surface area (Å²) < 4.78 is 5.06. The van der Waals surface area contributed by atoms with Crippen molar-refractivity contribution in [3.05, 3.63) is 59.2 Å². The number of ether oxygens (including phenoxy) is 1. The van der Waals surface area contributed by atoms with Gasteiger partial charge in [0, 0.05) is 11.6 Å². The van der Waals surface area contributed by atoms with Gasteiger partial charge >= 0.3 is 0 Å². The molecule has 2 aromatic carbocycles. The molecule has 0 spiro atoms. The maximum atomic E-state index is 12.4. The average Bonchev–Trinajstić information content (AvgIpc) is 3.20. The first-order chi connectivity index (χ1) is 14.0. The van der Waals surface area contributed by atoms with Crippen molar-refractivity contribution in [2.24, 2.45) is 11.0 Å². The number of carbonyl (C=O) groups is 1. The van der Waals surface area contributed by atoms with Gasteiger partial charge in [0.2, 0.25) is 0 Å². The Kier molecular flexibility index (Phi) is 6.85. The first kappa shape index (κ1) is 20.8. The van der Waals surface area contributed by atoms with Gasteiger partial charge in [-0.05, 0) is 42.0 Å². The number of rotatable bonds is 7. The second-order valence-corrected chi connectivity index (χ2v) is 7.60. The minimum Gasteiger partial charge on any atom is -0.504 e. The lowest BCUT2D eigenvalue weighted by atomic mass is 9.97. The molecular weight excluding hydrogens is 368 g/mol. The number of carbonyl (C=O) groups excluding carboxylic acids is 1. The molecule has 7 nitrogen and oxygen atoms in total. The number of hydrogen-bond acceptors (Lipinski definition) is 6. The van der Waals surface area contributed by atoms with Gasteiger partial charge in [0.1, 0.15) is 6.04 Å². The van der Waals surface area contributed by atoms with E-state index in [9.17, 15) is 9.90 Å². The lowest BCUT2D eigenvalue weighted by Gasteiger charge is -2.11. The third-order valence-corrected chi connectivity index (χ3v) is 4.87. The number of aromatic hydroxyl groups is 1. The third-order valence-electron chi connectivity index (χ3n) is 4.87. The molecule has 0 bridgehead atoms. The Bertz CT molecular complexity index is 865. The minimum atomic E-state index is -0.397. The molecule has 29 heavy (non-hydrogen) atoms. The van der Waals surface area contributed by atoms with Gasteiger partial charge in [-0.15, -0.1) is 0 Å². The van der Waals surface area contributed by atoms with E-state index in [1.165, 1.54) is 18.9 Å². The van der Waals surface area contributed by atoms with Crippen LogP contribution in [0.25, 0.3) is 0 Å². The number of para-hydroxylation sites is 1. The molecule has 1 amide bonds. The molecule has 4 N–H and O–H groups in total. The first-order valence-electron chi connectivity index (χ1n) is 9.76. The molecule has 7 heteroatoms. The van der Waals surface area contributed by atoms with Crippen molar-refractivity contribution >= 4 is 12.1 Å². The Morgan fingerprint density at radius 2 is 2.03 bits per heavy atom. The molecule has 2 unspecified atom stereocenters. The lowest BCUT2D eigenvalue weighted by Crippen LogP contribution is -2.41. The molecule has 1 aliphatic rings. The molecule has 2 atom stereocenters. The molecule has 1 aliphatic heterocycles. The van der Waals surface area contributed by atoms with E-state index < -0.39 is 6.04 Å². The average molecular weight is 396 g/mol. The smallest absolute Gasteiger partial charge is 0.258 e. The van der Waals surface area contributed by atoms with Gasteiger partial charge in [-0.25, -0.2) is 16.3 Å². The molecule has 0 saturated carbocycles. The van der Waals surface area contributed by atoms with E-state index in [-0.39, 0.29) is 17.7 Å². The predicted octanol–water partition coefficient (Wildman–Crippen LogP) is 2.66. The maximum Gasteiger partial charge on any atom is 0.258 e. The number of hydrazone groups is 1. The summed E-state index contributed by atoms with van der Waals surface area (Å²) in [6.45, 7) is 4.41. The van der Waals surface area contributed by atoms with Crippen LogP contribution in [-0.2, 0) is 11.2 Å². The fraction of sp³-hybridized carbons (Fsp3) is 0.364. The Hall–Kier alpha value is -2.90. The number of nitrogens with zero attached hydrogens (tertiary/aromatic N) is 1. The largest absolute Gasteiger partial charge is 0.504 e. The van der Waals surface area contributed by atoms with Gasteiger partial charge in [-0.2, -0.15) is 5.10 Å². The highest BCUT2D eigenvalue weighted by atomic mass is 16.5. The summed E-state index contributed by atoms with van der Waals surface area (Å²) in [4.78, 5) is 12.4. The number of nitrogens with one attached hydrogen (secondary N) is 3. The molecule has 2 aromatic rings. The van der Waals surface area contributed by atoms with Crippen LogP contribution in [0, 0.1) is 5.92 Å². The summed E-state index contributed by atoms with van der Waals surface area (Å²) in [5.74, 6) is 0.716. The van der Waals surface area contributed by atoms with Crippen LogP contribution in [0.3, 0.4) is 0 Å². The van der Waals surface area contributed by atoms with Crippen LogP contribution >= 0.6 is 0 Å². The second-order valence-electron chi connectivity index (χ2n) is 7.60. The van der Waals surface area contributed by atoms with E-state index in [0.29, 0.717) is 23.7 Å². The summed E-state index contributed by atoms with van der Waals surface area (Å²) in [7, 11) is 1.48. The van der Waals surface area contributed by atoms with Crippen molar-refractivity contribution in [2.45, 2.75) is 38.8 Å². The van der Waals surface area contributed by atoms with Gasteiger partial charge < -0.3 is 9.84 Å². The lowest BCUT2D eigenvalue weighted by molar-refractivity contribution is -0.122. The number of phenols is 1. The molecule has 1 fully saturated rings. The van der Waals surface area contributed by atoms with E-state index in [2.05, 4.69) is 59.5 Å². The first-order valence-corrected chi connectivity index (χ1v) is 9.76. The molecule has 0 radical (unpaired) electrons. The summed E-state index contributed by atoms with van der Waals surface area (Å²) in [6.07, 6.45) is 3.07. The normalized spacial score (nSPS) is 19.0. The highest BCUT2D eigenvalue weighted by molar-refractivity contribution is 5.87. The number of amides is 1. The minimum absolute atomic E-state index is 0.0189. The van der Waals surface area contributed by atoms with Crippen LogP contribution in [0.5, 0.6) is 11.5 Å². The van der Waals surface area contributed by atoms with Gasteiger partial charge in [-0.3, -0.25) is 4.79 Å². The quantitative estimate of drug-likeness (QED) is 0.426. The summed E-state index contributed by atoms with van der Waals surface area (Å²) in [6, 6.07) is 13.3. The van der Waals surface area contributed by atoms with E-state index >= 15 is 0 Å². The zero-order chi connectivity index (χ0) is 20.8. The number of hydrazine groups is 1. The molecule has 1 heterocycles. The van der Waals surface area contributed by atoms with Crippen LogP contribution < -0.4 is 21.0 Å². The zero-order valence-electron chi connectivity index (χ0n) is 17.0. The molecular formula is C22H28N4O3. The van der Waals surface area contributed by atoms with Crippen molar-refractivity contribution in [2.75, 3.05) is 7.11 Å². The third kappa shape index (κ3) is 5.34. The molecule has 3 rings (SSSR count). The Morgan fingerprint density at radius 1 is 1.28 bits per heavy atom.